The van der Waals surface area contributed by atoms with E-state index in [4.69, 9.17) is 14.3 Å². The molecule has 0 aromatic heterocycles. The number of guanidine groups is 1. The first-order valence-electron chi connectivity index (χ1n) is 5.61. The molecule has 0 N–H and O–H groups in total. The predicted molar refractivity (Wildman–Crippen MR) is 62.3 cm³/mol. The molecule has 7 nitrogen and oxygen atoms in total. The van der Waals surface area contributed by atoms with Crippen LogP contribution in [0.15, 0.2) is 9.98 Å². The van der Waals surface area contributed by atoms with Gasteiger partial charge in [0, 0.05) is 0 Å². The van der Waals surface area contributed by atoms with Crippen molar-refractivity contribution in [3.8, 4) is 0 Å². The molecule has 0 atom stereocenters. The number of hydroxylamine groups is 2. The Morgan fingerprint density at radius 1 is 1.29 bits per heavy atom. The molecule has 0 amide bonds. The average molecular weight is 243 g/mol. The van der Waals surface area contributed by atoms with Crippen LogP contribution in [0, 0.1) is 0 Å². The van der Waals surface area contributed by atoms with Gasteiger partial charge in [-0.3, -0.25) is 9.32 Å². The second kappa shape index (κ2) is 4.99. The zero-order chi connectivity index (χ0) is 12.3. The van der Waals surface area contributed by atoms with Crippen molar-refractivity contribution in [1.29, 1.82) is 0 Å². The molecule has 2 aliphatic heterocycles. The van der Waals surface area contributed by atoms with E-state index in [0.29, 0.717) is 17.2 Å². The quantitative estimate of drug-likeness (QED) is 0.591. The lowest BCUT2D eigenvalue weighted by Crippen LogP contribution is -2.57. The monoisotopic (exact) mass is 243 g/mol. The third kappa shape index (κ3) is 2.41. The maximum Gasteiger partial charge on any atom is 0.330 e. The molecule has 0 bridgehead atoms. The van der Waals surface area contributed by atoms with E-state index in [2.05, 4.69) is 17.0 Å². The summed E-state index contributed by atoms with van der Waals surface area (Å²) in [4.78, 5) is 14.0. The van der Waals surface area contributed by atoms with Gasteiger partial charge in [-0.1, -0.05) is 0 Å². The molecule has 2 heterocycles. The van der Waals surface area contributed by atoms with E-state index in [1.807, 2.05) is 0 Å². The molecule has 0 unspecified atom stereocenters. The molecule has 7 heteroatoms. The van der Waals surface area contributed by atoms with Crippen LogP contribution < -0.4 is 0 Å². The van der Waals surface area contributed by atoms with Gasteiger partial charge < -0.3 is 9.47 Å². The lowest BCUT2D eigenvalue weighted by Gasteiger charge is -2.36. The summed E-state index contributed by atoms with van der Waals surface area (Å²) in [6.07, 6.45) is 0. The van der Waals surface area contributed by atoms with E-state index in [1.54, 1.807) is 14.2 Å². The van der Waals surface area contributed by atoms with E-state index < -0.39 is 0 Å². The lowest BCUT2D eigenvalue weighted by molar-refractivity contribution is -0.831. The topological polar surface area (TPSA) is 55.7 Å². The van der Waals surface area contributed by atoms with Crippen LogP contribution in [-0.2, 0) is 14.3 Å². The zero-order valence-electron chi connectivity index (χ0n) is 10.5. The van der Waals surface area contributed by atoms with Crippen LogP contribution >= 0.6 is 0 Å². The Hall–Kier alpha value is -1.18. The summed E-state index contributed by atoms with van der Waals surface area (Å²) in [5.74, 6) is 0.776. The molecule has 1 saturated heterocycles. The van der Waals surface area contributed by atoms with Crippen LogP contribution in [0.1, 0.15) is 0 Å². The Kier molecular flexibility index (Phi) is 3.60. The van der Waals surface area contributed by atoms with E-state index in [0.717, 1.165) is 32.3 Å². The first kappa shape index (κ1) is 12.3. The van der Waals surface area contributed by atoms with Gasteiger partial charge in [-0.05, 0) is 0 Å². The fraction of sp³-hybridized carbons (Fsp3) is 0.800. The average Bonchev–Trinajstić information content (AvgIpc) is 2.38. The Morgan fingerprint density at radius 3 is 2.59 bits per heavy atom. The van der Waals surface area contributed by atoms with E-state index in [9.17, 15) is 0 Å². The van der Waals surface area contributed by atoms with Gasteiger partial charge in [-0.25, -0.2) is 0 Å². The van der Waals surface area contributed by atoms with Crippen molar-refractivity contribution in [1.82, 2.24) is 5.06 Å². The number of quaternary nitrogens is 1. The SMILES string of the molecule is COC1=NC([N+]2(C)CCOCC2)=NCN1OC. The minimum absolute atomic E-state index is 0.410. The fourth-order valence-electron chi connectivity index (χ4n) is 1.89. The van der Waals surface area contributed by atoms with E-state index in [1.165, 1.54) is 5.06 Å². The number of hydrogen-bond donors (Lipinski definition) is 0. The highest BCUT2D eigenvalue weighted by Crippen LogP contribution is 2.14. The number of ether oxygens (including phenoxy) is 2. The number of rotatable bonds is 1. The first-order chi connectivity index (χ1) is 8.19. The van der Waals surface area contributed by atoms with Gasteiger partial charge in [0.25, 0.3) is 0 Å². The summed E-state index contributed by atoms with van der Waals surface area (Å²) in [5, 5.41) is 1.51. The molecular weight excluding hydrogens is 224 g/mol. The Morgan fingerprint density at radius 2 is 2.00 bits per heavy atom. The van der Waals surface area contributed by atoms with Gasteiger partial charge in [0.1, 0.15) is 19.8 Å². The maximum absolute atomic E-state index is 5.37. The van der Waals surface area contributed by atoms with Crippen LogP contribution in [0.25, 0.3) is 0 Å². The number of amidine groups is 1. The minimum Gasteiger partial charge on any atom is -0.467 e. The van der Waals surface area contributed by atoms with Gasteiger partial charge in [-0.15, -0.1) is 4.99 Å². The smallest absolute Gasteiger partial charge is 0.330 e. The van der Waals surface area contributed by atoms with Gasteiger partial charge in [0.2, 0.25) is 0 Å². The molecule has 17 heavy (non-hydrogen) atoms. The largest absolute Gasteiger partial charge is 0.467 e. The summed E-state index contributed by atoms with van der Waals surface area (Å²) in [7, 11) is 5.26. The first-order valence-corrected chi connectivity index (χ1v) is 5.61. The molecule has 0 radical (unpaired) electrons. The number of aliphatic imine (C=N–C) groups is 2. The Labute approximate surface area is 101 Å². The van der Waals surface area contributed by atoms with Crippen LogP contribution in [-0.4, -0.2) is 75.8 Å². The molecule has 0 aliphatic carbocycles. The molecule has 2 aliphatic rings. The van der Waals surface area contributed by atoms with Crippen molar-refractivity contribution >= 4 is 12.0 Å². The molecule has 0 spiro atoms. The molecule has 0 saturated carbocycles. The zero-order valence-corrected chi connectivity index (χ0v) is 10.5. The van der Waals surface area contributed by atoms with Crippen LogP contribution in [0.3, 0.4) is 0 Å². The summed E-state index contributed by atoms with van der Waals surface area (Å²) >= 11 is 0. The van der Waals surface area contributed by atoms with Gasteiger partial charge in [0.05, 0.1) is 34.5 Å². The third-order valence-electron chi connectivity index (χ3n) is 3.09. The maximum atomic E-state index is 5.37. The normalized spacial score (nSPS) is 24.1. The summed E-state index contributed by atoms with van der Waals surface area (Å²) < 4.78 is 11.2. The van der Waals surface area contributed by atoms with Gasteiger partial charge >= 0.3 is 12.0 Å². The minimum atomic E-state index is 0.410. The number of hydrogen-bond acceptors (Lipinski definition) is 6. The van der Waals surface area contributed by atoms with Crippen LogP contribution in [0.2, 0.25) is 0 Å². The number of methoxy groups -OCH3 is 1. The number of morpholine rings is 1. The molecule has 1 fully saturated rings. The molecule has 96 valence electrons. The fourth-order valence-corrected chi connectivity index (χ4v) is 1.89. The van der Waals surface area contributed by atoms with Gasteiger partial charge in [0.15, 0.2) is 0 Å². The molecule has 0 aromatic rings. The molecule has 0 aromatic carbocycles. The summed E-state index contributed by atoms with van der Waals surface area (Å²) in [6.45, 7) is 3.65. The highest BCUT2D eigenvalue weighted by atomic mass is 16.7. The second-order valence-corrected chi connectivity index (χ2v) is 4.21. The standard InChI is InChI=1S/C10H19N4O3/c1-14(4-6-17-7-5-14)9-11-8-13(16-3)10(12-9)15-2/h4-8H2,1-3H3/q+1. The van der Waals surface area contributed by atoms with Crippen molar-refractivity contribution in [3.05, 3.63) is 0 Å². The molecule has 2 rings (SSSR count). The highest BCUT2D eigenvalue weighted by molar-refractivity contribution is 5.90. The van der Waals surface area contributed by atoms with Crippen molar-refractivity contribution in [2.45, 2.75) is 0 Å². The van der Waals surface area contributed by atoms with E-state index in [-0.39, 0.29) is 0 Å². The predicted octanol–water partition coefficient (Wildman–Crippen LogP) is -0.344. The number of likely N-dealkylation sites (N-methyl/N-ethyl adjacent to an activating group) is 1. The Bertz CT molecular complexity index is 336. The van der Waals surface area contributed by atoms with Crippen LogP contribution in [0.5, 0.6) is 0 Å². The lowest BCUT2D eigenvalue weighted by atomic mass is 10.3. The summed E-state index contributed by atoms with van der Waals surface area (Å²) in [6, 6.07) is 0.448. The summed E-state index contributed by atoms with van der Waals surface area (Å²) in [5.41, 5.74) is 0. The third-order valence-corrected chi connectivity index (χ3v) is 3.09. The number of nitrogens with zero attached hydrogens (tertiary/aromatic N) is 4. The van der Waals surface area contributed by atoms with Crippen molar-refractivity contribution in [3.63, 3.8) is 0 Å². The van der Waals surface area contributed by atoms with Crippen molar-refractivity contribution < 1.29 is 18.8 Å². The van der Waals surface area contributed by atoms with Crippen molar-refractivity contribution in [2.24, 2.45) is 9.98 Å². The Balaban J connectivity index is 2.17. The van der Waals surface area contributed by atoms with Crippen molar-refractivity contribution in [2.75, 3.05) is 54.2 Å². The van der Waals surface area contributed by atoms with Gasteiger partial charge in [-0.2, -0.15) is 10.1 Å². The molecular formula is C10H19N4O3+. The highest BCUT2D eigenvalue weighted by Gasteiger charge is 2.35. The van der Waals surface area contributed by atoms with Crippen LogP contribution in [0.4, 0.5) is 0 Å². The second-order valence-electron chi connectivity index (χ2n) is 4.21. The van der Waals surface area contributed by atoms with E-state index >= 15 is 0 Å².